The van der Waals surface area contributed by atoms with Crippen LogP contribution < -0.4 is 5.32 Å². The van der Waals surface area contributed by atoms with Crippen molar-refractivity contribution in [1.82, 2.24) is 24.9 Å². The van der Waals surface area contributed by atoms with Gasteiger partial charge in [-0.15, -0.1) is 24.0 Å². The average molecular weight is 504 g/mol. The highest BCUT2D eigenvalue weighted by Gasteiger charge is 2.31. The lowest BCUT2D eigenvalue weighted by Gasteiger charge is -2.44. The number of hydrogen-bond donors (Lipinski definition) is 1. The summed E-state index contributed by atoms with van der Waals surface area (Å²) in [4.78, 5) is 9.47. The van der Waals surface area contributed by atoms with Crippen LogP contribution in [-0.2, 0) is 11.8 Å². The maximum absolute atomic E-state index is 5.97. The van der Waals surface area contributed by atoms with Crippen LogP contribution >= 0.6 is 24.0 Å². The number of piperidine rings is 1. The summed E-state index contributed by atoms with van der Waals surface area (Å²) >= 11 is 0. The van der Waals surface area contributed by atoms with E-state index in [1.165, 1.54) is 25.9 Å². The van der Waals surface area contributed by atoms with Crippen LogP contribution in [0.3, 0.4) is 0 Å². The first-order valence-corrected chi connectivity index (χ1v) is 10.2. The van der Waals surface area contributed by atoms with Gasteiger partial charge in [0.2, 0.25) is 0 Å². The second-order valence-corrected chi connectivity index (χ2v) is 8.66. The monoisotopic (exact) mass is 504 g/mol. The lowest BCUT2D eigenvalue weighted by molar-refractivity contribution is -0.00843. The van der Waals surface area contributed by atoms with Crippen LogP contribution in [0.15, 0.2) is 17.4 Å². The zero-order valence-electron chi connectivity index (χ0n) is 18.0. The van der Waals surface area contributed by atoms with Crippen LogP contribution in [0.4, 0.5) is 0 Å². The Labute approximate surface area is 186 Å². The fourth-order valence-electron chi connectivity index (χ4n) is 4.13. The van der Waals surface area contributed by atoms with Crippen molar-refractivity contribution in [2.45, 2.75) is 45.3 Å². The van der Waals surface area contributed by atoms with Gasteiger partial charge >= 0.3 is 0 Å². The number of morpholine rings is 1. The lowest BCUT2D eigenvalue weighted by Crippen LogP contribution is -2.57. The van der Waals surface area contributed by atoms with Crippen molar-refractivity contribution >= 4 is 29.9 Å². The third kappa shape index (κ3) is 5.82. The summed E-state index contributed by atoms with van der Waals surface area (Å²) < 4.78 is 7.79. The van der Waals surface area contributed by atoms with Crippen LogP contribution in [0.2, 0.25) is 0 Å². The minimum Gasteiger partial charge on any atom is -0.370 e. The largest absolute Gasteiger partial charge is 0.370 e. The van der Waals surface area contributed by atoms with E-state index in [0.717, 1.165) is 37.1 Å². The Balaban J connectivity index is 0.00000280. The minimum atomic E-state index is 0. The summed E-state index contributed by atoms with van der Waals surface area (Å²) in [5.41, 5.74) is 1.24. The Hall–Kier alpha value is -0.870. The van der Waals surface area contributed by atoms with Gasteiger partial charge in [-0.05, 0) is 39.2 Å². The first-order valence-electron chi connectivity index (χ1n) is 10.2. The van der Waals surface area contributed by atoms with Crippen LogP contribution in [0.1, 0.15) is 45.3 Å². The maximum atomic E-state index is 5.97. The predicted octanol–water partition coefficient (Wildman–Crippen LogP) is 2.50. The van der Waals surface area contributed by atoms with Crippen molar-refractivity contribution in [2.75, 3.05) is 46.4 Å². The number of aromatic nitrogens is 2. The van der Waals surface area contributed by atoms with Gasteiger partial charge in [-0.2, -0.15) is 5.10 Å². The number of aliphatic imine (C=N–C) groups is 1. The van der Waals surface area contributed by atoms with Gasteiger partial charge in [0, 0.05) is 51.0 Å². The number of likely N-dealkylation sites (tertiary alicyclic amines) is 1. The number of nitrogens with zero attached hydrogens (tertiary/aromatic N) is 5. The van der Waals surface area contributed by atoms with Gasteiger partial charge < -0.3 is 15.0 Å². The van der Waals surface area contributed by atoms with Crippen molar-refractivity contribution in [1.29, 1.82) is 0 Å². The molecule has 0 spiro atoms. The Kier molecular flexibility index (Phi) is 8.57. The van der Waals surface area contributed by atoms with E-state index in [1.807, 2.05) is 31.2 Å². The number of aryl methyl sites for hydroxylation is 1. The number of nitrogens with one attached hydrogen (secondary N) is 1. The molecule has 7 nitrogen and oxygen atoms in total. The summed E-state index contributed by atoms with van der Waals surface area (Å²) in [5.74, 6) is 1.75. The predicted molar refractivity (Wildman–Crippen MR) is 124 cm³/mol. The van der Waals surface area contributed by atoms with Crippen molar-refractivity contribution in [2.24, 2.45) is 18.0 Å². The molecule has 3 heterocycles. The molecule has 0 saturated carbocycles. The first kappa shape index (κ1) is 23.4. The molecule has 2 aliphatic rings. The smallest absolute Gasteiger partial charge is 0.193 e. The molecular formula is C20H37IN6O. The molecule has 2 fully saturated rings. The lowest BCUT2D eigenvalue weighted by atomic mass is 9.93. The van der Waals surface area contributed by atoms with E-state index >= 15 is 0 Å². The van der Waals surface area contributed by atoms with E-state index in [0.29, 0.717) is 6.61 Å². The third-order valence-electron chi connectivity index (χ3n) is 5.87. The number of halogens is 1. The molecule has 1 N–H and O–H groups in total. The highest BCUT2D eigenvalue weighted by Crippen LogP contribution is 2.24. The number of hydrogen-bond acceptors (Lipinski definition) is 4. The number of rotatable bonds is 4. The van der Waals surface area contributed by atoms with Gasteiger partial charge in [-0.25, -0.2) is 0 Å². The molecule has 2 atom stereocenters. The number of ether oxygens (including phenoxy) is 1. The van der Waals surface area contributed by atoms with Crippen LogP contribution in [-0.4, -0.2) is 77.5 Å². The van der Waals surface area contributed by atoms with Crippen molar-refractivity contribution in [3.05, 3.63) is 18.0 Å². The fourth-order valence-corrected chi connectivity index (χ4v) is 4.13. The molecule has 2 unspecified atom stereocenters. The molecule has 0 aromatic carbocycles. The van der Waals surface area contributed by atoms with E-state index in [9.17, 15) is 0 Å². The van der Waals surface area contributed by atoms with E-state index in [-0.39, 0.29) is 35.6 Å². The van der Waals surface area contributed by atoms with Crippen molar-refractivity contribution < 1.29 is 4.74 Å². The first-order chi connectivity index (χ1) is 12.9. The number of guanidine groups is 1. The van der Waals surface area contributed by atoms with E-state index < -0.39 is 0 Å². The van der Waals surface area contributed by atoms with Gasteiger partial charge in [-0.3, -0.25) is 14.6 Å². The molecule has 1 aromatic rings. The fraction of sp³-hybridized carbons (Fsp3) is 0.800. The molecule has 8 heteroatoms. The van der Waals surface area contributed by atoms with Crippen molar-refractivity contribution in [3.63, 3.8) is 0 Å². The van der Waals surface area contributed by atoms with Gasteiger partial charge in [0.15, 0.2) is 5.96 Å². The molecule has 0 aliphatic carbocycles. The second-order valence-electron chi connectivity index (χ2n) is 8.66. The zero-order valence-corrected chi connectivity index (χ0v) is 20.3. The molecule has 28 heavy (non-hydrogen) atoms. The highest BCUT2D eigenvalue weighted by atomic mass is 127. The van der Waals surface area contributed by atoms with E-state index in [2.05, 4.69) is 46.0 Å². The summed E-state index contributed by atoms with van der Waals surface area (Å²) in [5, 5.41) is 7.90. The Morgan fingerprint density at radius 2 is 2.14 bits per heavy atom. The highest BCUT2D eigenvalue weighted by molar-refractivity contribution is 14.0. The van der Waals surface area contributed by atoms with Crippen LogP contribution in [0.25, 0.3) is 0 Å². The van der Waals surface area contributed by atoms with E-state index in [4.69, 9.17) is 4.74 Å². The van der Waals surface area contributed by atoms with E-state index in [1.54, 1.807) is 0 Å². The Bertz CT molecular complexity index is 646. The summed E-state index contributed by atoms with van der Waals surface area (Å²) in [6.07, 6.45) is 6.62. The maximum Gasteiger partial charge on any atom is 0.193 e. The molecule has 2 saturated heterocycles. The summed E-state index contributed by atoms with van der Waals surface area (Å²) in [7, 11) is 3.81. The van der Waals surface area contributed by atoms with Gasteiger partial charge in [0.05, 0.1) is 19.3 Å². The van der Waals surface area contributed by atoms with Gasteiger partial charge in [0.1, 0.15) is 6.10 Å². The quantitative estimate of drug-likeness (QED) is 0.388. The SMILES string of the molecule is CN=C(NCC(C)(C)N1CCCC(C)C1)N1CCOC(c2cnn(C)c2)C1.I. The molecule has 0 amide bonds. The molecular weight excluding hydrogens is 467 g/mol. The van der Waals surface area contributed by atoms with Gasteiger partial charge in [0.25, 0.3) is 0 Å². The standard InChI is InChI=1S/C20H36N6O.HI/c1-16-7-6-8-26(12-16)20(2,3)15-22-19(21-4)25-9-10-27-18(14-25)17-11-23-24(5)13-17;/h11,13,16,18H,6-10,12,14-15H2,1-5H3,(H,21,22);1H. The molecule has 0 bridgehead atoms. The van der Waals surface area contributed by atoms with Crippen LogP contribution in [0.5, 0.6) is 0 Å². The Morgan fingerprint density at radius 3 is 2.79 bits per heavy atom. The molecule has 160 valence electrons. The molecule has 1 aromatic heterocycles. The van der Waals surface area contributed by atoms with Gasteiger partial charge in [-0.1, -0.05) is 6.92 Å². The average Bonchev–Trinajstić information content (AvgIpc) is 3.09. The third-order valence-corrected chi connectivity index (χ3v) is 5.87. The molecule has 3 rings (SSSR count). The van der Waals surface area contributed by atoms with Crippen molar-refractivity contribution in [3.8, 4) is 0 Å². The van der Waals surface area contributed by atoms with Crippen LogP contribution in [0, 0.1) is 5.92 Å². The summed E-state index contributed by atoms with van der Waals surface area (Å²) in [6, 6.07) is 0. The minimum absolute atomic E-state index is 0. The Morgan fingerprint density at radius 1 is 1.36 bits per heavy atom. The second kappa shape index (κ2) is 10.2. The topological polar surface area (TPSA) is 57.9 Å². The zero-order chi connectivity index (χ0) is 19.4. The normalized spacial score (nSPS) is 24.8. The summed E-state index contributed by atoms with van der Waals surface area (Å²) in [6.45, 7) is 12.7. The molecule has 0 radical (unpaired) electrons. The molecule has 2 aliphatic heterocycles.